The topological polar surface area (TPSA) is 38.1 Å². The van der Waals surface area contributed by atoms with Crippen LogP contribution in [0.1, 0.15) is 0 Å². The third kappa shape index (κ3) is 2.97. The van der Waals surface area contributed by atoms with Crippen molar-refractivity contribution < 1.29 is 18.0 Å². The zero-order valence-electron chi connectivity index (χ0n) is 13.1. The summed E-state index contributed by atoms with van der Waals surface area (Å²) < 4.78 is 41.5. The molecule has 0 N–H and O–H groups in total. The maximum absolute atomic E-state index is 13.4. The summed E-state index contributed by atoms with van der Waals surface area (Å²) >= 11 is 0. The molecular weight excluding hydrogens is 331 g/mol. The van der Waals surface area contributed by atoms with Crippen molar-refractivity contribution in [3.05, 3.63) is 54.4 Å². The lowest BCUT2D eigenvalue weighted by molar-refractivity contribution is -0.138. The number of benzene rings is 1. The van der Waals surface area contributed by atoms with Crippen molar-refractivity contribution in [1.82, 2.24) is 14.5 Å². The van der Waals surface area contributed by atoms with Crippen molar-refractivity contribution >= 4 is 16.9 Å². The van der Waals surface area contributed by atoms with Crippen molar-refractivity contribution in [2.75, 3.05) is 13.1 Å². The van der Waals surface area contributed by atoms with E-state index in [-0.39, 0.29) is 25.5 Å². The van der Waals surface area contributed by atoms with Gasteiger partial charge in [-0.05, 0) is 29.8 Å². The molecule has 128 valence electrons. The van der Waals surface area contributed by atoms with Crippen molar-refractivity contribution in [2.45, 2.75) is 12.7 Å². The van der Waals surface area contributed by atoms with Crippen LogP contribution < -0.4 is 0 Å². The Morgan fingerprint density at radius 3 is 2.52 bits per heavy atom. The predicted molar refractivity (Wildman–Crippen MR) is 86.6 cm³/mol. The molecule has 4 nitrogen and oxygen atoms in total. The number of halogens is 3. The number of fused-ring (bicyclic) bond motifs is 1. The molecule has 0 radical (unpaired) electrons. The summed E-state index contributed by atoms with van der Waals surface area (Å²) in [6.45, 7) is 0.326. The molecule has 1 fully saturated rings. The van der Waals surface area contributed by atoms with E-state index < -0.39 is 17.8 Å². The van der Waals surface area contributed by atoms with Crippen molar-refractivity contribution in [1.29, 1.82) is 0 Å². The quantitative estimate of drug-likeness (QED) is 0.731. The Morgan fingerprint density at radius 1 is 1.12 bits per heavy atom. The molecule has 0 bridgehead atoms. The van der Waals surface area contributed by atoms with Crippen LogP contribution in [-0.4, -0.2) is 39.6 Å². The maximum Gasteiger partial charge on any atom is 0.242 e. The van der Waals surface area contributed by atoms with Gasteiger partial charge in [0, 0.05) is 24.0 Å². The highest BCUT2D eigenvalue weighted by molar-refractivity contribution is 5.84. The van der Waals surface area contributed by atoms with Crippen LogP contribution in [-0.2, 0) is 11.3 Å². The Bertz CT molecular complexity index is 943. The molecule has 2 aromatic heterocycles. The van der Waals surface area contributed by atoms with Gasteiger partial charge in [-0.3, -0.25) is 9.78 Å². The lowest BCUT2D eigenvalue weighted by Gasteiger charge is -2.34. The first kappa shape index (κ1) is 15.7. The van der Waals surface area contributed by atoms with E-state index >= 15 is 0 Å². The Balaban J connectivity index is 1.66. The Morgan fingerprint density at radius 2 is 1.84 bits per heavy atom. The molecule has 0 saturated carbocycles. The molecule has 1 amide bonds. The van der Waals surface area contributed by atoms with Crippen LogP contribution in [0.4, 0.5) is 13.2 Å². The van der Waals surface area contributed by atoms with Gasteiger partial charge in [0.1, 0.15) is 24.4 Å². The molecule has 0 unspecified atom stereocenters. The van der Waals surface area contributed by atoms with Gasteiger partial charge in [0.25, 0.3) is 0 Å². The molecule has 0 atom stereocenters. The largest absolute Gasteiger partial charge is 0.337 e. The molecule has 3 aromatic rings. The second-order valence-electron chi connectivity index (χ2n) is 6.13. The van der Waals surface area contributed by atoms with Crippen LogP contribution in [0.3, 0.4) is 0 Å². The highest BCUT2D eigenvalue weighted by Crippen LogP contribution is 2.25. The highest BCUT2D eigenvalue weighted by atomic mass is 19.1. The average Bonchev–Trinajstić information content (AvgIpc) is 2.93. The first-order chi connectivity index (χ1) is 12.0. The zero-order valence-corrected chi connectivity index (χ0v) is 13.1. The normalized spacial score (nSPS) is 14.8. The number of likely N-dealkylation sites (tertiary alicyclic amines) is 1. The summed E-state index contributed by atoms with van der Waals surface area (Å²) in [7, 11) is 0. The molecule has 1 aromatic carbocycles. The van der Waals surface area contributed by atoms with Crippen molar-refractivity contribution in [3.8, 4) is 11.1 Å². The molecule has 7 heteroatoms. The van der Waals surface area contributed by atoms with E-state index in [1.54, 1.807) is 22.9 Å². The number of nitrogens with zero attached hydrogens (tertiary/aromatic N) is 3. The van der Waals surface area contributed by atoms with Crippen LogP contribution in [0, 0.1) is 11.6 Å². The Hall–Kier alpha value is -2.83. The summed E-state index contributed by atoms with van der Waals surface area (Å²) in [4.78, 5) is 17.9. The second-order valence-corrected chi connectivity index (χ2v) is 6.13. The minimum atomic E-state index is -0.943. The standard InChI is InChI=1S/C18H14F3N3O/c19-13-3-11(4-14(20)6-13)12-5-17-16(22-7-12)1-2-23(17)10-18(25)24-8-15(21)9-24/h1-7,15H,8-10H2. The van der Waals surface area contributed by atoms with E-state index in [4.69, 9.17) is 0 Å². The van der Waals surface area contributed by atoms with Gasteiger partial charge in [-0.25, -0.2) is 13.2 Å². The monoisotopic (exact) mass is 345 g/mol. The zero-order chi connectivity index (χ0) is 17.6. The molecule has 1 aliphatic heterocycles. The second kappa shape index (κ2) is 5.91. The lowest BCUT2D eigenvalue weighted by Crippen LogP contribution is -2.52. The molecule has 4 rings (SSSR count). The average molecular weight is 345 g/mol. The van der Waals surface area contributed by atoms with Crippen LogP contribution in [0.2, 0.25) is 0 Å². The van der Waals surface area contributed by atoms with E-state index in [0.717, 1.165) is 6.07 Å². The third-order valence-electron chi connectivity index (χ3n) is 4.31. The molecule has 1 saturated heterocycles. The van der Waals surface area contributed by atoms with Gasteiger partial charge >= 0.3 is 0 Å². The smallest absolute Gasteiger partial charge is 0.242 e. The lowest BCUT2D eigenvalue weighted by atomic mass is 10.1. The predicted octanol–water partition coefficient (Wildman–Crippen LogP) is 3.16. The first-order valence-electron chi connectivity index (χ1n) is 7.83. The fourth-order valence-electron chi connectivity index (χ4n) is 2.95. The number of carbonyl (C=O) groups excluding carboxylic acids is 1. The van der Waals surface area contributed by atoms with Crippen LogP contribution in [0.5, 0.6) is 0 Å². The summed E-state index contributed by atoms with van der Waals surface area (Å²) in [5.74, 6) is -1.51. The number of carbonyl (C=O) groups is 1. The van der Waals surface area contributed by atoms with Crippen LogP contribution in [0.25, 0.3) is 22.2 Å². The number of rotatable bonds is 3. The van der Waals surface area contributed by atoms with Gasteiger partial charge < -0.3 is 9.47 Å². The van der Waals surface area contributed by atoms with Crippen LogP contribution >= 0.6 is 0 Å². The fraction of sp³-hybridized carbons (Fsp3) is 0.222. The number of hydrogen-bond donors (Lipinski definition) is 0. The van der Waals surface area contributed by atoms with Gasteiger partial charge in [0.05, 0.1) is 24.1 Å². The van der Waals surface area contributed by atoms with Gasteiger partial charge in [-0.2, -0.15) is 0 Å². The summed E-state index contributed by atoms with van der Waals surface area (Å²) in [5, 5.41) is 0. The first-order valence-corrected chi connectivity index (χ1v) is 7.83. The van der Waals surface area contributed by atoms with Crippen LogP contribution in [0.15, 0.2) is 42.7 Å². The number of pyridine rings is 1. The number of amides is 1. The number of alkyl halides is 1. The van der Waals surface area contributed by atoms with Gasteiger partial charge in [0.2, 0.25) is 5.91 Å². The van der Waals surface area contributed by atoms with Gasteiger partial charge in [-0.1, -0.05) is 0 Å². The summed E-state index contributed by atoms with van der Waals surface area (Å²) in [5.41, 5.74) is 2.26. The van der Waals surface area contributed by atoms with Crippen molar-refractivity contribution in [3.63, 3.8) is 0 Å². The number of hydrogen-bond acceptors (Lipinski definition) is 2. The SMILES string of the molecule is O=C(Cn1ccc2ncc(-c3cc(F)cc(F)c3)cc21)N1CC(F)C1. The summed E-state index contributed by atoms with van der Waals surface area (Å²) in [6.07, 6.45) is 2.31. The van der Waals surface area contributed by atoms with Gasteiger partial charge in [0.15, 0.2) is 0 Å². The van der Waals surface area contributed by atoms with E-state index in [2.05, 4.69) is 4.98 Å². The van der Waals surface area contributed by atoms with E-state index in [9.17, 15) is 18.0 Å². The number of aromatic nitrogens is 2. The minimum absolute atomic E-state index is 0.0683. The molecule has 0 aliphatic carbocycles. The molecular formula is C18H14F3N3O. The highest BCUT2D eigenvalue weighted by Gasteiger charge is 2.30. The maximum atomic E-state index is 13.4. The minimum Gasteiger partial charge on any atom is -0.337 e. The molecule has 3 heterocycles. The van der Waals surface area contributed by atoms with Crippen molar-refractivity contribution in [2.24, 2.45) is 0 Å². The Kier molecular flexibility index (Phi) is 3.71. The molecule has 0 spiro atoms. The van der Waals surface area contributed by atoms with E-state index in [1.165, 1.54) is 23.2 Å². The third-order valence-corrected chi connectivity index (χ3v) is 4.31. The molecule has 1 aliphatic rings. The van der Waals surface area contributed by atoms with E-state index in [0.29, 0.717) is 22.2 Å². The van der Waals surface area contributed by atoms with Gasteiger partial charge in [-0.15, -0.1) is 0 Å². The van der Waals surface area contributed by atoms with E-state index in [1.807, 2.05) is 0 Å². The fourth-order valence-corrected chi connectivity index (χ4v) is 2.95. The molecule has 25 heavy (non-hydrogen) atoms. The Labute approximate surface area is 141 Å². The summed E-state index contributed by atoms with van der Waals surface area (Å²) in [6, 6.07) is 6.75.